The molecule has 0 aromatic heterocycles. The molecule has 1 aromatic rings. The summed E-state index contributed by atoms with van der Waals surface area (Å²) in [5.41, 5.74) is -0.173. The van der Waals surface area contributed by atoms with E-state index in [1.54, 1.807) is 6.07 Å². The number of hydrogen-bond acceptors (Lipinski definition) is 3. The first-order valence-corrected chi connectivity index (χ1v) is 11.3. The van der Waals surface area contributed by atoms with E-state index in [-0.39, 0.29) is 18.1 Å². The summed E-state index contributed by atoms with van der Waals surface area (Å²) < 4.78 is 14.5. The largest absolute Gasteiger partial charge is 0.387 e. The maximum absolute atomic E-state index is 14.5. The lowest BCUT2D eigenvalue weighted by molar-refractivity contribution is -0.126. The zero-order valence-electron chi connectivity index (χ0n) is 16.7. The van der Waals surface area contributed by atoms with E-state index in [0.717, 1.165) is 18.3 Å². The van der Waals surface area contributed by atoms with Crippen LogP contribution in [0, 0.1) is 53.2 Å². The SMILES string of the molecule is O=C(NCC1(O)C2C3CC4C5C3CC2C5C41)Nc1ccc(N2CCCC2=O)c(F)c1. The number of nitrogens with zero attached hydrogens (tertiary/aromatic N) is 1. The van der Waals surface area contributed by atoms with Crippen molar-refractivity contribution in [1.29, 1.82) is 0 Å². The minimum atomic E-state index is -0.771. The molecule has 6 fully saturated rings. The fraction of sp³-hybridized carbons (Fsp3) is 0.652. The molecule has 0 spiro atoms. The van der Waals surface area contributed by atoms with E-state index < -0.39 is 17.4 Å². The van der Waals surface area contributed by atoms with E-state index in [1.807, 2.05) is 0 Å². The van der Waals surface area contributed by atoms with E-state index in [2.05, 4.69) is 10.6 Å². The van der Waals surface area contributed by atoms with Gasteiger partial charge in [-0.2, -0.15) is 0 Å². The van der Waals surface area contributed by atoms with Crippen molar-refractivity contribution >= 4 is 23.3 Å². The minimum absolute atomic E-state index is 0.0726. The van der Waals surface area contributed by atoms with Gasteiger partial charge in [-0.25, -0.2) is 9.18 Å². The van der Waals surface area contributed by atoms with Crippen molar-refractivity contribution in [3.8, 4) is 0 Å². The van der Waals surface area contributed by atoms with Gasteiger partial charge in [0.05, 0.1) is 11.3 Å². The zero-order valence-corrected chi connectivity index (χ0v) is 16.7. The second-order valence-corrected chi connectivity index (χ2v) is 10.4. The number of fused-ring (bicyclic) bond motifs is 2. The molecule has 6 aliphatic rings. The lowest BCUT2D eigenvalue weighted by Gasteiger charge is -2.51. The molecule has 7 heteroatoms. The summed E-state index contributed by atoms with van der Waals surface area (Å²) in [5, 5.41) is 17.1. The second kappa shape index (κ2) is 5.55. The first kappa shape index (κ1) is 17.5. The van der Waals surface area contributed by atoms with Crippen molar-refractivity contribution in [2.45, 2.75) is 31.3 Å². The van der Waals surface area contributed by atoms with Crippen LogP contribution in [-0.2, 0) is 4.79 Å². The van der Waals surface area contributed by atoms with Crippen LogP contribution in [-0.4, -0.2) is 35.7 Å². The standard InChI is InChI=1S/C23H26FN3O3/c24-15-6-10(3-4-16(15)27-5-1-2-17(27)28)26-22(29)25-9-23(30)20-12-8-13-18-11(12)7-14(20)19(18)21(13)23/h3-4,6,11-14,18-21,30H,1-2,5,7-9H2,(H2,25,26,29). The quantitative estimate of drug-likeness (QED) is 0.712. The zero-order chi connectivity index (χ0) is 20.4. The van der Waals surface area contributed by atoms with Crippen LogP contribution in [0.4, 0.5) is 20.6 Å². The maximum Gasteiger partial charge on any atom is 0.319 e. The van der Waals surface area contributed by atoms with Gasteiger partial charge in [0.15, 0.2) is 0 Å². The first-order chi connectivity index (χ1) is 14.5. The molecule has 1 saturated heterocycles. The number of anilines is 2. The highest BCUT2D eigenvalue weighted by atomic mass is 19.1. The van der Waals surface area contributed by atoms with Crippen molar-refractivity contribution in [1.82, 2.24) is 5.32 Å². The van der Waals surface area contributed by atoms with Crippen LogP contribution >= 0.6 is 0 Å². The van der Waals surface area contributed by atoms with E-state index in [1.165, 1.54) is 29.9 Å². The maximum atomic E-state index is 14.5. The van der Waals surface area contributed by atoms with Crippen LogP contribution in [0.15, 0.2) is 18.2 Å². The summed E-state index contributed by atoms with van der Waals surface area (Å²) in [4.78, 5) is 25.8. The lowest BCUT2D eigenvalue weighted by Crippen LogP contribution is -2.59. The molecule has 3 N–H and O–H groups in total. The highest BCUT2D eigenvalue weighted by Crippen LogP contribution is 2.85. The molecular formula is C23H26FN3O3. The average molecular weight is 411 g/mol. The third-order valence-electron chi connectivity index (χ3n) is 9.62. The molecule has 0 radical (unpaired) electrons. The molecule has 9 unspecified atom stereocenters. The van der Waals surface area contributed by atoms with Gasteiger partial charge in [-0.05, 0) is 84.8 Å². The normalized spacial score (nSPS) is 46.1. The monoisotopic (exact) mass is 411 g/mol. The summed E-state index contributed by atoms with van der Waals surface area (Å²) in [7, 11) is 0. The van der Waals surface area contributed by atoms with Crippen LogP contribution in [0.3, 0.4) is 0 Å². The van der Waals surface area contributed by atoms with Gasteiger partial charge in [0.1, 0.15) is 5.82 Å². The second-order valence-electron chi connectivity index (χ2n) is 10.4. The highest BCUT2D eigenvalue weighted by Gasteiger charge is 2.84. The Balaban J connectivity index is 1.03. The third kappa shape index (κ3) is 1.93. The predicted octanol–water partition coefficient (Wildman–Crippen LogP) is 2.58. The van der Waals surface area contributed by atoms with Gasteiger partial charge in [-0.15, -0.1) is 0 Å². The van der Waals surface area contributed by atoms with Crippen molar-refractivity contribution in [2.24, 2.45) is 47.3 Å². The molecule has 1 aromatic carbocycles. The molecule has 158 valence electrons. The number of carbonyl (C=O) groups is 2. The van der Waals surface area contributed by atoms with Crippen LogP contribution < -0.4 is 15.5 Å². The van der Waals surface area contributed by atoms with E-state index in [9.17, 15) is 19.1 Å². The van der Waals surface area contributed by atoms with Crippen LogP contribution in [0.1, 0.15) is 25.7 Å². The minimum Gasteiger partial charge on any atom is -0.387 e. The molecule has 5 saturated carbocycles. The Kier molecular flexibility index (Phi) is 3.24. The Bertz CT molecular complexity index is 978. The topological polar surface area (TPSA) is 81.7 Å². The van der Waals surface area contributed by atoms with Crippen molar-refractivity contribution in [2.75, 3.05) is 23.3 Å². The molecule has 2 bridgehead atoms. The summed E-state index contributed by atoms with van der Waals surface area (Å²) in [6, 6.07) is 3.97. The number of aliphatic hydroxyl groups is 1. The lowest BCUT2D eigenvalue weighted by atomic mass is 9.56. The number of nitrogens with one attached hydrogen (secondary N) is 2. The Hall–Kier alpha value is -2.15. The number of carbonyl (C=O) groups excluding carboxylic acids is 2. The Morgan fingerprint density at radius 1 is 1.17 bits per heavy atom. The van der Waals surface area contributed by atoms with Gasteiger partial charge in [0.25, 0.3) is 0 Å². The summed E-state index contributed by atoms with van der Waals surface area (Å²) in [6.07, 6.45) is 3.75. The van der Waals surface area contributed by atoms with Gasteiger partial charge in [-0.1, -0.05) is 0 Å². The van der Waals surface area contributed by atoms with Crippen LogP contribution in [0.5, 0.6) is 0 Å². The molecule has 7 rings (SSSR count). The molecule has 1 heterocycles. The third-order valence-corrected chi connectivity index (χ3v) is 9.62. The van der Waals surface area contributed by atoms with Crippen LogP contribution in [0.25, 0.3) is 0 Å². The molecular weight excluding hydrogens is 385 g/mol. The van der Waals surface area contributed by atoms with Gasteiger partial charge in [0, 0.05) is 25.2 Å². The molecule has 9 atom stereocenters. The van der Waals surface area contributed by atoms with Crippen molar-refractivity contribution < 1.29 is 19.1 Å². The van der Waals surface area contributed by atoms with Crippen molar-refractivity contribution in [3.05, 3.63) is 24.0 Å². The molecule has 5 aliphatic carbocycles. The molecule has 1 aliphatic heterocycles. The number of amides is 3. The molecule has 30 heavy (non-hydrogen) atoms. The van der Waals surface area contributed by atoms with E-state index in [0.29, 0.717) is 54.2 Å². The number of halogens is 1. The smallest absolute Gasteiger partial charge is 0.319 e. The molecule has 3 amide bonds. The van der Waals surface area contributed by atoms with Gasteiger partial charge in [-0.3, -0.25) is 4.79 Å². The van der Waals surface area contributed by atoms with Gasteiger partial charge in [0.2, 0.25) is 5.91 Å². The van der Waals surface area contributed by atoms with Gasteiger partial charge >= 0.3 is 6.03 Å². The number of rotatable bonds is 4. The van der Waals surface area contributed by atoms with Crippen molar-refractivity contribution in [3.63, 3.8) is 0 Å². The van der Waals surface area contributed by atoms with Crippen LogP contribution in [0.2, 0.25) is 0 Å². The number of benzene rings is 1. The van der Waals surface area contributed by atoms with E-state index >= 15 is 0 Å². The highest BCUT2D eigenvalue weighted by molar-refractivity contribution is 5.96. The Morgan fingerprint density at radius 2 is 1.97 bits per heavy atom. The summed E-state index contributed by atoms with van der Waals surface area (Å²) >= 11 is 0. The fourth-order valence-electron chi connectivity index (χ4n) is 9.06. The summed E-state index contributed by atoms with van der Waals surface area (Å²) in [5.74, 6) is 4.48. The summed E-state index contributed by atoms with van der Waals surface area (Å²) in [6.45, 7) is 0.798. The fourth-order valence-corrected chi connectivity index (χ4v) is 9.06. The average Bonchev–Trinajstić information content (AvgIpc) is 3.36. The van der Waals surface area contributed by atoms with E-state index in [4.69, 9.17) is 0 Å². The number of hydrogen-bond donors (Lipinski definition) is 3. The Morgan fingerprint density at radius 3 is 2.73 bits per heavy atom. The first-order valence-electron chi connectivity index (χ1n) is 11.3. The Labute approximate surface area is 174 Å². The predicted molar refractivity (Wildman–Crippen MR) is 107 cm³/mol. The number of urea groups is 1. The molecule has 6 nitrogen and oxygen atoms in total. The van der Waals surface area contributed by atoms with Gasteiger partial charge < -0.3 is 20.6 Å².